The first kappa shape index (κ1) is 17.1. The van der Waals surface area contributed by atoms with Gasteiger partial charge in [-0.1, -0.05) is 66.7 Å². The number of thiocarbonyl (C=S) groups is 1. The van der Waals surface area contributed by atoms with Crippen LogP contribution in [0.25, 0.3) is 0 Å². The zero-order valence-electron chi connectivity index (χ0n) is 14.9. The minimum absolute atomic E-state index is 0.0386. The van der Waals surface area contributed by atoms with Crippen LogP contribution in [-0.4, -0.2) is 27.2 Å². The maximum absolute atomic E-state index is 13.3. The average molecular weight is 362 g/mol. The van der Waals surface area contributed by atoms with Crippen molar-refractivity contribution in [1.29, 1.82) is 0 Å². The lowest BCUT2D eigenvalue weighted by molar-refractivity contribution is 0.0648. The zero-order chi connectivity index (χ0) is 18.1. The summed E-state index contributed by atoms with van der Waals surface area (Å²) in [5, 5.41) is 0. The second-order valence-corrected chi connectivity index (χ2v) is 7.57. The van der Waals surface area contributed by atoms with E-state index in [-0.39, 0.29) is 5.91 Å². The third-order valence-electron chi connectivity index (χ3n) is 5.34. The van der Waals surface area contributed by atoms with Crippen molar-refractivity contribution in [2.45, 2.75) is 44.7 Å². The van der Waals surface area contributed by atoms with Crippen LogP contribution < -0.4 is 0 Å². The van der Waals surface area contributed by atoms with E-state index >= 15 is 0 Å². The maximum Gasteiger partial charge on any atom is 0.260 e. The molecule has 1 saturated carbocycles. The van der Waals surface area contributed by atoms with Gasteiger partial charge in [0.2, 0.25) is 0 Å². The van der Waals surface area contributed by atoms with Gasteiger partial charge in [0, 0.05) is 11.1 Å². The molecule has 0 N–H and O–H groups in total. The summed E-state index contributed by atoms with van der Waals surface area (Å²) < 4.78 is 0. The van der Waals surface area contributed by atoms with E-state index in [2.05, 4.69) is 19.1 Å². The topological polar surface area (TPSA) is 32.7 Å². The first-order valence-corrected chi connectivity index (χ1v) is 9.62. The van der Waals surface area contributed by atoms with Crippen molar-refractivity contribution >= 4 is 28.8 Å². The number of aryl methyl sites for hydroxylation is 1. The van der Waals surface area contributed by atoms with E-state index in [1.54, 1.807) is 4.90 Å². The largest absolute Gasteiger partial charge is 0.271 e. The molecule has 4 heteroatoms. The Morgan fingerprint density at radius 3 is 2.31 bits per heavy atom. The molecule has 3 nitrogen and oxygen atoms in total. The Morgan fingerprint density at radius 1 is 1.00 bits per heavy atom. The van der Waals surface area contributed by atoms with Gasteiger partial charge in [0.1, 0.15) is 16.4 Å². The van der Waals surface area contributed by atoms with Gasteiger partial charge in [-0.3, -0.25) is 14.7 Å². The van der Waals surface area contributed by atoms with Crippen molar-refractivity contribution in [2.75, 3.05) is 0 Å². The van der Waals surface area contributed by atoms with Crippen LogP contribution in [0.5, 0.6) is 0 Å². The molecule has 0 atom stereocenters. The summed E-state index contributed by atoms with van der Waals surface area (Å²) in [4.78, 5) is 20.8. The molecule has 1 aliphatic carbocycles. The molecule has 1 aliphatic heterocycles. The molecular weight excluding hydrogens is 340 g/mol. The van der Waals surface area contributed by atoms with Gasteiger partial charge in [0.15, 0.2) is 0 Å². The minimum Gasteiger partial charge on any atom is -0.271 e. The fraction of sp³-hybridized carbons (Fsp3) is 0.318. The summed E-state index contributed by atoms with van der Waals surface area (Å²) in [6.45, 7) is 2.06. The molecule has 2 aliphatic rings. The molecule has 0 saturated heterocycles. The van der Waals surface area contributed by atoms with Gasteiger partial charge in [0.25, 0.3) is 5.91 Å². The summed E-state index contributed by atoms with van der Waals surface area (Å²) in [7, 11) is 0. The highest BCUT2D eigenvalue weighted by Crippen LogP contribution is 2.41. The number of carbonyl (C=O) groups excluding carboxylic acids is 1. The number of amides is 1. The Bertz CT molecular complexity index is 865. The molecule has 0 radical (unpaired) electrons. The van der Waals surface area contributed by atoms with Gasteiger partial charge >= 0.3 is 0 Å². The highest BCUT2D eigenvalue weighted by molar-refractivity contribution is 7.82. The van der Waals surface area contributed by atoms with E-state index in [1.807, 2.05) is 42.5 Å². The van der Waals surface area contributed by atoms with E-state index in [9.17, 15) is 4.79 Å². The monoisotopic (exact) mass is 362 g/mol. The number of aliphatic imine (C=N–C) groups is 1. The van der Waals surface area contributed by atoms with E-state index in [0.717, 1.165) is 37.0 Å². The Morgan fingerprint density at radius 2 is 1.65 bits per heavy atom. The second kappa shape index (κ2) is 6.76. The summed E-state index contributed by atoms with van der Waals surface area (Å²) in [6.07, 6.45) is 5.09. The van der Waals surface area contributed by atoms with Crippen LogP contribution in [0, 0.1) is 6.92 Å². The smallest absolute Gasteiger partial charge is 0.260 e. The number of carbonyl (C=O) groups is 1. The van der Waals surface area contributed by atoms with Crippen LogP contribution in [0.1, 0.15) is 53.6 Å². The van der Waals surface area contributed by atoms with Gasteiger partial charge in [-0.2, -0.15) is 0 Å². The minimum atomic E-state index is -0.511. The average Bonchev–Trinajstić information content (AvgIpc) is 2.95. The lowest BCUT2D eigenvalue weighted by atomic mass is 9.88. The summed E-state index contributed by atoms with van der Waals surface area (Å²) in [5.41, 5.74) is 3.13. The predicted octanol–water partition coefficient (Wildman–Crippen LogP) is 4.93. The molecule has 1 amide bonds. The molecule has 0 unspecified atom stereocenters. The molecule has 1 heterocycles. The summed E-state index contributed by atoms with van der Waals surface area (Å²) in [6, 6.07) is 17.6. The van der Waals surface area contributed by atoms with E-state index in [0.29, 0.717) is 10.6 Å². The second-order valence-electron chi connectivity index (χ2n) is 7.18. The van der Waals surface area contributed by atoms with Crippen LogP contribution in [0.3, 0.4) is 0 Å². The number of nitrogens with zero attached hydrogens (tertiary/aromatic N) is 2. The molecule has 1 fully saturated rings. The highest BCUT2D eigenvalue weighted by atomic mass is 32.1. The standard InChI is InChI=1S/C22H22N2OS/c1-16-10-12-17(13-11-16)19-21(26)24(20(25)18-8-4-2-5-9-18)22(23-19)14-6-3-7-15-22/h2,4-5,8-13H,3,6-7,14-15H2,1H3. The normalized spacial score (nSPS) is 18.9. The van der Waals surface area contributed by atoms with Gasteiger partial charge in [-0.05, 0) is 44.7 Å². The molecule has 0 aromatic heterocycles. The Labute approximate surface area is 159 Å². The zero-order valence-corrected chi connectivity index (χ0v) is 15.8. The number of rotatable bonds is 2. The van der Waals surface area contributed by atoms with E-state index < -0.39 is 5.66 Å². The molecule has 1 spiro atoms. The van der Waals surface area contributed by atoms with Crippen molar-refractivity contribution in [2.24, 2.45) is 4.99 Å². The lowest BCUT2D eigenvalue weighted by Crippen LogP contribution is -2.50. The molecule has 2 aromatic rings. The molecule has 4 rings (SSSR count). The predicted molar refractivity (Wildman–Crippen MR) is 109 cm³/mol. The SMILES string of the molecule is Cc1ccc(C2=NC3(CCCCC3)N(C(=O)c3ccccc3)C2=S)cc1. The van der Waals surface area contributed by atoms with Crippen LogP contribution in [0.2, 0.25) is 0 Å². The van der Waals surface area contributed by atoms with Crippen molar-refractivity contribution < 1.29 is 4.79 Å². The first-order valence-electron chi connectivity index (χ1n) is 9.22. The van der Waals surface area contributed by atoms with Crippen molar-refractivity contribution in [3.8, 4) is 0 Å². The fourth-order valence-electron chi connectivity index (χ4n) is 3.94. The molecular formula is C22H22N2OS. The molecule has 0 bridgehead atoms. The van der Waals surface area contributed by atoms with E-state index in [1.165, 1.54) is 12.0 Å². The van der Waals surface area contributed by atoms with Gasteiger partial charge in [-0.25, -0.2) is 0 Å². The van der Waals surface area contributed by atoms with Crippen molar-refractivity contribution in [3.63, 3.8) is 0 Å². The molecule has 26 heavy (non-hydrogen) atoms. The van der Waals surface area contributed by atoms with Crippen LogP contribution in [0.15, 0.2) is 59.6 Å². The van der Waals surface area contributed by atoms with Crippen molar-refractivity contribution in [1.82, 2.24) is 4.90 Å². The summed E-state index contributed by atoms with van der Waals surface area (Å²) in [5.74, 6) is -0.0386. The molecule has 2 aromatic carbocycles. The van der Waals surface area contributed by atoms with E-state index in [4.69, 9.17) is 17.2 Å². The Kier molecular flexibility index (Phi) is 4.45. The van der Waals surface area contributed by atoms with Gasteiger partial charge in [-0.15, -0.1) is 0 Å². The van der Waals surface area contributed by atoms with Gasteiger partial charge in [0.05, 0.1) is 0 Å². The fourth-order valence-corrected chi connectivity index (χ4v) is 4.36. The van der Waals surface area contributed by atoms with Gasteiger partial charge < -0.3 is 0 Å². The van der Waals surface area contributed by atoms with Crippen molar-refractivity contribution in [3.05, 3.63) is 71.3 Å². The van der Waals surface area contributed by atoms with Crippen LogP contribution in [0.4, 0.5) is 0 Å². The molecule has 132 valence electrons. The van der Waals surface area contributed by atoms with Crippen LogP contribution in [-0.2, 0) is 0 Å². The maximum atomic E-state index is 13.3. The number of hydrogen-bond acceptors (Lipinski definition) is 3. The lowest BCUT2D eigenvalue weighted by Gasteiger charge is -2.38. The first-order chi connectivity index (χ1) is 12.6. The third-order valence-corrected chi connectivity index (χ3v) is 5.72. The third kappa shape index (κ3) is 2.88. The Balaban J connectivity index is 1.77. The van der Waals surface area contributed by atoms with Crippen LogP contribution >= 0.6 is 12.2 Å². The number of benzene rings is 2. The quantitative estimate of drug-likeness (QED) is 0.710. The Hall–Kier alpha value is -2.33. The summed E-state index contributed by atoms with van der Waals surface area (Å²) >= 11 is 5.78. The number of hydrogen-bond donors (Lipinski definition) is 0. The highest BCUT2D eigenvalue weighted by Gasteiger charge is 2.48.